The summed E-state index contributed by atoms with van der Waals surface area (Å²) in [6.07, 6.45) is 4.70. The molecule has 7 nitrogen and oxygen atoms in total. The van der Waals surface area contributed by atoms with Gasteiger partial charge in [-0.2, -0.15) is 0 Å². The van der Waals surface area contributed by atoms with E-state index in [0.29, 0.717) is 49.8 Å². The van der Waals surface area contributed by atoms with Gasteiger partial charge in [0.05, 0.1) is 37.2 Å². The number of rotatable bonds is 9. The first-order chi connectivity index (χ1) is 18.4. The molecule has 4 aromatic rings. The second kappa shape index (κ2) is 11.4. The molecule has 0 aliphatic carbocycles. The van der Waals surface area contributed by atoms with Gasteiger partial charge in [0, 0.05) is 39.6 Å². The highest BCUT2D eigenvalue weighted by Crippen LogP contribution is 2.41. The number of hydrogen-bond acceptors (Lipinski definition) is 6. The Bertz CT molecular complexity index is 1430. The number of aromatic nitrogens is 2. The van der Waals surface area contributed by atoms with Gasteiger partial charge >= 0.3 is 0 Å². The zero-order valence-electron chi connectivity index (χ0n) is 20.3. The van der Waals surface area contributed by atoms with E-state index in [1.807, 2.05) is 10.8 Å². The maximum Gasteiger partial charge on any atom is 0.215 e. The predicted molar refractivity (Wildman–Crippen MR) is 145 cm³/mol. The van der Waals surface area contributed by atoms with Crippen molar-refractivity contribution in [2.45, 2.75) is 18.4 Å². The van der Waals surface area contributed by atoms with E-state index < -0.39 is 11.9 Å². The fourth-order valence-corrected chi connectivity index (χ4v) is 4.93. The Morgan fingerprint density at radius 3 is 2.58 bits per heavy atom. The molecule has 0 unspecified atom stereocenters. The molecular formula is C28H23Cl3N2O5. The van der Waals surface area contributed by atoms with Gasteiger partial charge in [-0.25, -0.2) is 4.98 Å². The Kier molecular flexibility index (Phi) is 7.93. The molecule has 2 heterocycles. The van der Waals surface area contributed by atoms with E-state index in [1.54, 1.807) is 80.3 Å². The number of halogens is 3. The van der Waals surface area contributed by atoms with Crippen LogP contribution in [0, 0.1) is 0 Å². The molecule has 0 N–H and O–H groups in total. The summed E-state index contributed by atoms with van der Waals surface area (Å²) in [5.74, 6) is -0.472. The Labute approximate surface area is 234 Å². The summed E-state index contributed by atoms with van der Waals surface area (Å²) in [7, 11) is 1.55. The van der Waals surface area contributed by atoms with Gasteiger partial charge < -0.3 is 23.5 Å². The van der Waals surface area contributed by atoms with Crippen LogP contribution in [-0.2, 0) is 21.8 Å². The number of benzene rings is 3. The van der Waals surface area contributed by atoms with E-state index in [-0.39, 0.29) is 19.0 Å². The molecule has 2 atom stereocenters. The van der Waals surface area contributed by atoms with Crippen LogP contribution in [0.3, 0.4) is 0 Å². The molecule has 3 aromatic carbocycles. The topological polar surface area (TPSA) is 71.8 Å². The summed E-state index contributed by atoms with van der Waals surface area (Å²) in [6.45, 7) is 0.660. The average molecular weight is 574 g/mol. The van der Waals surface area contributed by atoms with Crippen LogP contribution in [0.5, 0.6) is 11.5 Å². The van der Waals surface area contributed by atoms with Crippen molar-refractivity contribution >= 4 is 40.6 Å². The molecule has 0 spiro atoms. The summed E-state index contributed by atoms with van der Waals surface area (Å²) in [6, 6.07) is 16.9. The molecule has 0 radical (unpaired) electrons. The van der Waals surface area contributed by atoms with Crippen molar-refractivity contribution < 1.29 is 23.7 Å². The molecule has 0 amide bonds. The van der Waals surface area contributed by atoms with Gasteiger partial charge in [0.15, 0.2) is 5.78 Å². The maximum absolute atomic E-state index is 13.3. The molecule has 0 saturated carbocycles. The van der Waals surface area contributed by atoms with Gasteiger partial charge in [-0.15, -0.1) is 0 Å². The van der Waals surface area contributed by atoms with E-state index in [0.717, 1.165) is 0 Å². The largest absolute Gasteiger partial charge is 0.497 e. The molecule has 1 saturated heterocycles. The van der Waals surface area contributed by atoms with Gasteiger partial charge in [0.25, 0.3) is 0 Å². The molecule has 1 aliphatic heterocycles. The van der Waals surface area contributed by atoms with E-state index in [1.165, 1.54) is 0 Å². The smallest absolute Gasteiger partial charge is 0.215 e. The molecule has 1 aliphatic rings. The van der Waals surface area contributed by atoms with Crippen LogP contribution in [0.2, 0.25) is 15.1 Å². The van der Waals surface area contributed by atoms with E-state index in [2.05, 4.69) is 4.98 Å². The number of ether oxygens (including phenoxy) is 4. The Balaban J connectivity index is 1.38. The van der Waals surface area contributed by atoms with E-state index in [9.17, 15) is 4.79 Å². The Morgan fingerprint density at radius 2 is 1.87 bits per heavy atom. The number of methoxy groups -OCH3 is 1. The summed E-state index contributed by atoms with van der Waals surface area (Å²) in [5, 5.41) is 1.47. The molecular weight excluding hydrogens is 551 g/mol. The molecule has 196 valence electrons. The number of ketones is 1. The predicted octanol–water partition coefficient (Wildman–Crippen LogP) is 6.43. The fourth-order valence-electron chi connectivity index (χ4n) is 4.25. The minimum Gasteiger partial charge on any atom is -0.497 e. The number of imidazole rings is 1. The maximum atomic E-state index is 13.3. The first-order valence-corrected chi connectivity index (χ1v) is 12.8. The molecule has 10 heteroatoms. The SMILES string of the molecule is COc1ccc(C(=O)c2ccc(Cl)cc2)c(OC[C@@H]2CO[C@@](Cn3ccnc3)(c3ccc(Cl)cc3Cl)O2)c1. The third kappa shape index (κ3) is 5.67. The molecule has 1 fully saturated rings. The monoisotopic (exact) mass is 572 g/mol. The van der Waals surface area contributed by atoms with Crippen molar-refractivity contribution in [1.29, 1.82) is 0 Å². The summed E-state index contributed by atoms with van der Waals surface area (Å²) < 4.78 is 26.0. The highest BCUT2D eigenvalue weighted by molar-refractivity contribution is 6.35. The number of carbonyl (C=O) groups is 1. The third-order valence-corrected chi connectivity index (χ3v) is 6.92. The van der Waals surface area contributed by atoms with Crippen LogP contribution in [-0.4, -0.2) is 41.8 Å². The number of nitrogens with zero attached hydrogens (tertiary/aromatic N) is 2. The lowest BCUT2D eigenvalue weighted by Gasteiger charge is -2.30. The van der Waals surface area contributed by atoms with Crippen molar-refractivity contribution in [3.8, 4) is 11.5 Å². The van der Waals surface area contributed by atoms with Gasteiger partial charge in [-0.05, 0) is 48.5 Å². The average Bonchev–Trinajstić information content (AvgIpc) is 3.58. The highest BCUT2D eigenvalue weighted by atomic mass is 35.5. The second-order valence-corrected chi connectivity index (χ2v) is 9.95. The van der Waals surface area contributed by atoms with E-state index >= 15 is 0 Å². The molecule has 38 heavy (non-hydrogen) atoms. The summed E-state index contributed by atoms with van der Waals surface area (Å²) in [5.41, 5.74) is 1.51. The van der Waals surface area contributed by atoms with Gasteiger partial charge in [-0.1, -0.05) is 40.9 Å². The lowest BCUT2D eigenvalue weighted by molar-refractivity contribution is -0.189. The molecule has 1 aromatic heterocycles. The minimum absolute atomic E-state index is 0.116. The van der Waals surface area contributed by atoms with Crippen LogP contribution in [0.1, 0.15) is 21.5 Å². The zero-order chi connectivity index (χ0) is 26.7. The van der Waals surface area contributed by atoms with Crippen molar-refractivity contribution in [3.05, 3.63) is 111 Å². The quantitative estimate of drug-likeness (QED) is 0.215. The Morgan fingerprint density at radius 1 is 1.08 bits per heavy atom. The fraction of sp³-hybridized carbons (Fsp3) is 0.214. The van der Waals surface area contributed by atoms with Crippen LogP contribution in [0.15, 0.2) is 79.4 Å². The third-order valence-electron chi connectivity index (χ3n) is 6.12. The van der Waals surface area contributed by atoms with Crippen LogP contribution < -0.4 is 9.47 Å². The Hall–Kier alpha value is -3.07. The van der Waals surface area contributed by atoms with Crippen molar-refractivity contribution in [1.82, 2.24) is 9.55 Å². The van der Waals surface area contributed by atoms with Crippen LogP contribution in [0.25, 0.3) is 0 Å². The van der Waals surface area contributed by atoms with Crippen LogP contribution >= 0.6 is 34.8 Å². The standard InChI is InChI=1S/C28H23Cl3N2O5/c1-35-21-7-8-23(27(34)18-2-4-19(29)5-3-18)26(13-21)36-14-22-15-37-28(38-22,16-33-11-10-32-17-33)24-9-6-20(30)12-25(24)31/h2-13,17,22H,14-16H2,1H3/t22-,28-/m1/s1. The highest BCUT2D eigenvalue weighted by Gasteiger charge is 2.45. The van der Waals surface area contributed by atoms with Crippen molar-refractivity contribution in [2.24, 2.45) is 0 Å². The first-order valence-electron chi connectivity index (χ1n) is 11.7. The lowest BCUT2D eigenvalue weighted by Crippen LogP contribution is -2.34. The molecule has 0 bridgehead atoms. The first kappa shape index (κ1) is 26.5. The number of hydrogen-bond donors (Lipinski definition) is 0. The number of carbonyl (C=O) groups excluding carboxylic acids is 1. The summed E-state index contributed by atoms with van der Waals surface area (Å²) >= 11 is 18.7. The van der Waals surface area contributed by atoms with Crippen LogP contribution in [0.4, 0.5) is 0 Å². The van der Waals surface area contributed by atoms with Crippen molar-refractivity contribution in [3.63, 3.8) is 0 Å². The van der Waals surface area contributed by atoms with Gasteiger partial charge in [0.1, 0.15) is 24.2 Å². The lowest BCUT2D eigenvalue weighted by atomic mass is 10.0. The van der Waals surface area contributed by atoms with E-state index in [4.69, 9.17) is 53.8 Å². The minimum atomic E-state index is -1.19. The molecule has 5 rings (SSSR count). The van der Waals surface area contributed by atoms with Gasteiger partial charge in [0.2, 0.25) is 5.79 Å². The second-order valence-electron chi connectivity index (χ2n) is 8.67. The van der Waals surface area contributed by atoms with Crippen molar-refractivity contribution in [2.75, 3.05) is 20.3 Å². The zero-order valence-corrected chi connectivity index (χ0v) is 22.5. The van der Waals surface area contributed by atoms with Gasteiger partial charge in [-0.3, -0.25) is 4.79 Å². The normalized spacial score (nSPS) is 18.9. The summed E-state index contributed by atoms with van der Waals surface area (Å²) in [4.78, 5) is 17.4.